The fourth-order valence-electron chi connectivity index (χ4n) is 2.88. The molecule has 116 valence electrons. The van der Waals surface area contributed by atoms with E-state index in [1.165, 1.54) is 5.56 Å². The van der Waals surface area contributed by atoms with Gasteiger partial charge in [-0.05, 0) is 37.6 Å². The second-order valence-electron chi connectivity index (χ2n) is 5.74. The number of benzene rings is 2. The molecule has 3 nitrogen and oxygen atoms in total. The monoisotopic (exact) mass is 304 g/mol. The summed E-state index contributed by atoms with van der Waals surface area (Å²) < 4.78 is 1.75. The number of rotatable bonds is 3. The molecule has 1 aromatic heterocycles. The third-order valence-corrected chi connectivity index (χ3v) is 4.05. The number of hydrogen-bond donors (Lipinski definition) is 1. The van der Waals surface area contributed by atoms with Crippen LogP contribution in [0.5, 0.6) is 0 Å². The highest BCUT2D eigenvalue weighted by Crippen LogP contribution is 2.25. The molecule has 3 heteroatoms. The van der Waals surface area contributed by atoms with Gasteiger partial charge in [0.15, 0.2) is 0 Å². The quantitative estimate of drug-likeness (QED) is 0.804. The van der Waals surface area contributed by atoms with Gasteiger partial charge in [-0.25, -0.2) is 0 Å². The third-order valence-electron chi connectivity index (χ3n) is 4.05. The standard InChI is InChI=1S/C20H20N2O/c1-14-8-10-18(15(2)12-14)19-11-9-16(13-21)20(23)22(19)17-6-4-3-5-7-17/h3-12H,13,21H2,1-2H3. The predicted octanol–water partition coefficient (Wildman–Crippen LogP) is 3.58. The van der Waals surface area contributed by atoms with Gasteiger partial charge in [-0.3, -0.25) is 9.36 Å². The fourth-order valence-corrected chi connectivity index (χ4v) is 2.88. The van der Waals surface area contributed by atoms with Crippen molar-refractivity contribution in [1.29, 1.82) is 0 Å². The molecule has 23 heavy (non-hydrogen) atoms. The van der Waals surface area contributed by atoms with Gasteiger partial charge in [0.25, 0.3) is 5.56 Å². The van der Waals surface area contributed by atoms with Crippen molar-refractivity contribution in [2.75, 3.05) is 0 Å². The highest BCUT2D eigenvalue weighted by atomic mass is 16.1. The summed E-state index contributed by atoms with van der Waals surface area (Å²) in [5, 5.41) is 0. The van der Waals surface area contributed by atoms with Crippen molar-refractivity contribution < 1.29 is 0 Å². The van der Waals surface area contributed by atoms with Gasteiger partial charge < -0.3 is 5.73 Å². The molecule has 2 aromatic carbocycles. The van der Waals surface area contributed by atoms with E-state index in [4.69, 9.17) is 5.73 Å². The summed E-state index contributed by atoms with van der Waals surface area (Å²) in [6.45, 7) is 4.37. The first-order valence-electron chi connectivity index (χ1n) is 7.70. The molecule has 3 aromatic rings. The number of nitrogens with zero attached hydrogens (tertiary/aromatic N) is 1. The predicted molar refractivity (Wildman–Crippen MR) is 94.8 cm³/mol. The topological polar surface area (TPSA) is 48.0 Å². The van der Waals surface area contributed by atoms with Crippen LogP contribution in [0.4, 0.5) is 0 Å². The Morgan fingerprint density at radius 3 is 2.35 bits per heavy atom. The summed E-state index contributed by atoms with van der Waals surface area (Å²) in [5.74, 6) is 0. The van der Waals surface area contributed by atoms with E-state index < -0.39 is 0 Å². The molecule has 0 spiro atoms. The highest BCUT2D eigenvalue weighted by molar-refractivity contribution is 5.67. The van der Waals surface area contributed by atoms with Crippen molar-refractivity contribution in [3.63, 3.8) is 0 Å². The van der Waals surface area contributed by atoms with E-state index >= 15 is 0 Å². The van der Waals surface area contributed by atoms with E-state index in [0.29, 0.717) is 5.56 Å². The summed E-state index contributed by atoms with van der Waals surface area (Å²) in [6, 6.07) is 19.8. The fraction of sp³-hybridized carbons (Fsp3) is 0.150. The summed E-state index contributed by atoms with van der Waals surface area (Å²) >= 11 is 0. The minimum absolute atomic E-state index is 0.0591. The van der Waals surface area contributed by atoms with Crippen LogP contribution in [0.3, 0.4) is 0 Å². The lowest BCUT2D eigenvalue weighted by molar-refractivity contribution is 0.931. The molecule has 3 rings (SSSR count). The molecule has 0 bridgehead atoms. The van der Waals surface area contributed by atoms with Gasteiger partial charge in [0, 0.05) is 23.4 Å². The largest absolute Gasteiger partial charge is 0.326 e. The molecular formula is C20H20N2O. The molecule has 0 aliphatic carbocycles. The molecule has 0 aliphatic rings. The second-order valence-corrected chi connectivity index (χ2v) is 5.74. The summed E-state index contributed by atoms with van der Waals surface area (Å²) in [5.41, 5.74) is 11.4. The van der Waals surface area contributed by atoms with Crippen LogP contribution in [0.25, 0.3) is 16.9 Å². The molecule has 0 amide bonds. The van der Waals surface area contributed by atoms with Gasteiger partial charge in [0.1, 0.15) is 0 Å². The molecule has 0 saturated heterocycles. The van der Waals surface area contributed by atoms with Crippen LogP contribution in [-0.4, -0.2) is 4.57 Å². The van der Waals surface area contributed by atoms with Crippen LogP contribution in [-0.2, 0) is 6.54 Å². The lowest BCUT2D eigenvalue weighted by Gasteiger charge is -2.16. The molecular weight excluding hydrogens is 284 g/mol. The number of aryl methyl sites for hydroxylation is 2. The maximum absolute atomic E-state index is 12.9. The van der Waals surface area contributed by atoms with E-state index in [9.17, 15) is 4.79 Å². The number of aromatic nitrogens is 1. The Kier molecular flexibility index (Phi) is 4.13. The summed E-state index contributed by atoms with van der Waals surface area (Å²) in [6.07, 6.45) is 0. The van der Waals surface area contributed by atoms with Crippen molar-refractivity contribution in [2.24, 2.45) is 5.73 Å². The van der Waals surface area contributed by atoms with E-state index in [2.05, 4.69) is 32.0 Å². The normalized spacial score (nSPS) is 10.7. The lowest BCUT2D eigenvalue weighted by atomic mass is 10.0. The molecule has 0 aliphatic heterocycles. The van der Waals surface area contributed by atoms with Gasteiger partial charge in [0.2, 0.25) is 0 Å². The Morgan fingerprint density at radius 2 is 1.70 bits per heavy atom. The molecule has 0 radical (unpaired) electrons. The maximum atomic E-state index is 12.9. The molecule has 2 N–H and O–H groups in total. The number of pyridine rings is 1. The van der Waals surface area contributed by atoms with Crippen molar-refractivity contribution in [1.82, 2.24) is 4.57 Å². The molecule has 0 unspecified atom stereocenters. The van der Waals surface area contributed by atoms with Crippen LogP contribution < -0.4 is 11.3 Å². The average Bonchev–Trinajstić information content (AvgIpc) is 2.55. The van der Waals surface area contributed by atoms with Crippen LogP contribution in [0, 0.1) is 13.8 Å². The van der Waals surface area contributed by atoms with Gasteiger partial charge in [-0.1, -0.05) is 48.0 Å². The zero-order valence-electron chi connectivity index (χ0n) is 13.4. The van der Waals surface area contributed by atoms with E-state index in [1.54, 1.807) is 4.57 Å². The maximum Gasteiger partial charge on any atom is 0.260 e. The minimum atomic E-state index is -0.0591. The van der Waals surface area contributed by atoms with E-state index in [0.717, 1.165) is 22.5 Å². The van der Waals surface area contributed by atoms with Crippen molar-refractivity contribution in [2.45, 2.75) is 20.4 Å². The SMILES string of the molecule is Cc1ccc(-c2ccc(CN)c(=O)n2-c2ccccc2)c(C)c1. The Labute approximate surface area is 136 Å². The summed E-state index contributed by atoms with van der Waals surface area (Å²) in [7, 11) is 0. The number of nitrogens with two attached hydrogens (primary N) is 1. The first-order chi connectivity index (χ1) is 11.1. The average molecular weight is 304 g/mol. The lowest BCUT2D eigenvalue weighted by Crippen LogP contribution is -2.25. The van der Waals surface area contributed by atoms with Gasteiger partial charge >= 0.3 is 0 Å². The van der Waals surface area contributed by atoms with Crippen LogP contribution in [0.1, 0.15) is 16.7 Å². The molecule has 0 atom stereocenters. The first-order valence-corrected chi connectivity index (χ1v) is 7.70. The number of hydrogen-bond acceptors (Lipinski definition) is 2. The van der Waals surface area contributed by atoms with E-state index in [1.807, 2.05) is 42.5 Å². The molecule has 1 heterocycles. The van der Waals surface area contributed by atoms with Gasteiger partial charge in [-0.2, -0.15) is 0 Å². The second kappa shape index (κ2) is 6.23. The van der Waals surface area contributed by atoms with Gasteiger partial charge in [0.05, 0.1) is 5.69 Å². The highest BCUT2D eigenvalue weighted by Gasteiger charge is 2.13. The molecule has 0 fully saturated rings. The smallest absolute Gasteiger partial charge is 0.260 e. The van der Waals surface area contributed by atoms with Crippen molar-refractivity contribution in [3.8, 4) is 16.9 Å². The van der Waals surface area contributed by atoms with Crippen LogP contribution in [0.2, 0.25) is 0 Å². The first kappa shape index (κ1) is 15.3. The Balaban J connectivity index is 2.33. The molecule has 0 saturated carbocycles. The van der Waals surface area contributed by atoms with Crippen LogP contribution in [0.15, 0.2) is 65.5 Å². The van der Waals surface area contributed by atoms with Crippen molar-refractivity contribution in [3.05, 3.63) is 87.7 Å². The van der Waals surface area contributed by atoms with Crippen LogP contribution >= 0.6 is 0 Å². The van der Waals surface area contributed by atoms with Crippen molar-refractivity contribution >= 4 is 0 Å². The third kappa shape index (κ3) is 2.83. The zero-order valence-corrected chi connectivity index (χ0v) is 13.4. The summed E-state index contributed by atoms with van der Waals surface area (Å²) in [4.78, 5) is 12.9. The zero-order chi connectivity index (χ0) is 16.4. The minimum Gasteiger partial charge on any atom is -0.326 e. The number of para-hydroxylation sites is 1. The van der Waals surface area contributed by atoms with Gasteiger partial charge in [-0.15, -0.1) is 0 Å². The van der Waals surface area contributed by atoms with E-state index in [-0.39, 0.29) is 12.1 Å². The Morgan fingerprint density at radius 1 is 0.957 bits per heavy atom. The Hall–Kier alpha value is -2.65. The Bertz CT molecular complexity index is 895.